The highest BCUT2D eigenvalue weighted by Crippen LogP contribution is 2.15. The number of nitrogens with zero attached hydrogens (tertiary/aromatic N) is 1. The second kappa shape index (κ2) is 6.39. The summed E-state index contributed by atoms with van der Waals surface area (Å²) in [6.07, 6.45) is 8.46. The first-order valence-electron chi connectivity index (χ1n) is 5.66. The minimum Gasteiger partial charge on any atom is -0.362 e. The van der Waals surface area contributed by atoms with E-state index in [-0.39, 0.29) is 0 Å². The van der Waals surface area contributed by atoms with Crippen molar-refractivity contribution in [2.24, 2.45) is 0 Å². The van der Waals surface area contributed by atoms with E-state index in [9.17, 15) is 0 Å². The smallest absolute Gasteiger partial charge is 0.110 e. The van der Waals surface area contributed by atoms with Gasteiger partial charge in [0.15, 0.2) is 0 Å². The van der Waals surface area contributed by atoms with E-state index in [1.807, 2.05) is 0 Å². The Bertz CT molecular complexity index is 127. The molecule has 78 valence electrons. The van der Waals surface area contributed by atoms with E-state index in [0.29, 0.717) is 6.23 Å². The van der Waals surface area contributed by atoms with Crippen molar-refractivity contribution >= 4 is 0 Å². The second-order valence-corrected chi connectivity index (χ2v) is 4.01. The Balaban J connectivity index is 1.93. The molecular weight excluding hydrogens is 162 g/mol. The van der Waals surface area contributed by atoms with Gasteiger partial charge in [0.1, 0.15) is 6.23 Å². The summed E-state index contributed by atoms with van der Waals surface area (Å²) in [6.45, 7) is 4.30. The Hall–Kier alpha value is -0.0800. The summed E-state index contributed by atoms with van der Waals surface area (Å²) in [7, 11) is 2.16. The Morgan fingerprint density at radius 2 is 2.00 bits per heavy atom. The van der Waals surface area contributed by atoms with Gasteiger partial charge in [-0.2, -0.15) is 0 Å². The zero-order chi connectivity index (χ0) is 9.52. The number of hydrogen-bond donors (Lipinski definition) is 0. The molecule has 0 aromatic heterocycles. The number of hydrogen-bond acceptors (Lipinski definition) is 2. The van der Waals surface area contributed by atoms with Gasteiger partial charge >= 0.3 is 0 Å². The minimum absolute atomic E-state index is 0.418. The normalized spacial score (nSPS) is 24.0. The molecule has 1 unspecified atom stereocenters. The van der Waals surface area contributed by atoms with Gasteiger partial charge in [0.05, 0.1) is 6.61 Å². The van der Waals surface area contributed by atoms with Crippen LogP contribution in [-0.4, -0.2) is 31.3 Å². The zero-order valence-corrected chi connectivity index (χ0v) is 9.09. The van der Waals surface area contributed by atoms with Gasteiger partial charge in [0.2, 0.25) is 0 Å². The van der Waals surface area contributed by atoms with E-state index in [1.165, 1.54) is 38.5 Å². The van der Waals surface area contributed by atoms with E-state index in [4.69, 9.17) is 4.74 Å². The second-order valence-electron chi connectivity index (χ2n) is 4.01. The van der Waals surface area contributed by atoms with Gasteiger partial charge in [0.25, 0.3) is 0 Å². The van der Waals surface area contributed by atoms with Crippen LogP contribution in [-0.2, 0) is 4.74 Å². The number of rotatable bonds is 6. The lowest BCUT2D eigenvalue weighted by Gasteiger charge is -2.17. The summed E-state index contributed by atoms with van der Waals surface area (Å²) in [5.41, 5.74) is 0. The molecule has 1 aliphatic rings. The van der Waals surface area contributed by atoms with Crippen molar-refractivity contribution in [2.75, 3.05) is 20.2 Å². The Morgan fingerprint density at radius 3 is 2.62 bits per heavy atom. The van der Waals surface area contributed by atoms with E-state index in [0.717, 1.165) is 13.2 Å². The molecule has 0 bridgehead atoms. The maximum atomic E-state index is 5.60. The highest BCUT2D eigenvalue weighted by atomic mass is 16.5. The first kappa shape index (κ1) is 11.0. The molecule has 2 heteroatoms. The van der Waals surface area contributed by atoms with Crippen molar-refractivity contribution in [3.05, 3.63) is 0 Å². The van der Waals surface area contributed by atoms with Gasteiger partial charge in [-0.25, -0.2) is 0 Å². The van der Waals surface area contributed by atoms with E-state index >= 15 is 0 Å². The first-order valence-corrected chi connectivity index (χ1v) is 5.66. The van der Waals surface area contributed by atoms with Crippen molar-refractivity contribution in [1.82, 2.24) is 4.90 Å². The fourth-order valence-corrected chi connectivity index (χ4v) is 1.83. The Labute approximate surface area is 82.3 Å². The van der Waals surface area contributed by atoms with Gasteiger partial charge in [-0.15, -0.1) is 0 Å². The fraction of sp³-hybridized carbons (Fsp3) is 1.00. The largest absolute Gasteiger partial charge is 0.362 e. The Morgan fingerprint density at radius 1 is 1.23 bits per heavy atom. The number of likely N-dealkylation sites (N-methyl/N-ethyl adjacent to an activating group) is 1. The lowest BCUT2D eigenvalue weighted by molar-refractivity contribution is 0.0372. The van der Waals surface area contributed by atoms with Gasteiger partial charge in [-0.3, -0.25) is 4.90 Å². The molecule has 0 aromatic carbocycles. The van der Waals surface area contributed by atoms with Crippen LogP contribution in [0, 0.1) is 0 Å². The van der Waals surface area contributed by atoms with Crippen molar-refractivity contribution in [3.63, 3.8) is 0 Å². The van der Waals surface area contributed by atoms with Gasteiger partial charge in [-0.1, -0.05) is 32.6 Å². The van der Waals surface area contributed by atoms with Crippen LogP contribution in [0.4, 0.5) is 0 Å². The van der Waals surface area contributed by atoms with Crippen LogP contribution in [0.2, 0.25) is 0 Å². The number of ether oxygens (including phenoxy) is 1. The van der Waals surface area contributed by atoms with Crippen LogP contribution in [0.5, 0.6) is 0 Å². The summed E-state index contributed by atoms with van der Waals surface area (Å²) in [6, 6.07) is 0. The van der Waals surface area contributed by atoms with Crippen molar-refractivity contribution in [2.45, 2.75) is 51.7 Å². The van der Waals surface area contributed by atoms with E-state index in [1.54, 1.807) is 0 Å². The van der Waals surface area contributed by atoms with Crippen LogP contribution >= 0.6 is 0 Å². The predicted octanol–water partition coefficient (Wildman–Crippen LogP) is 2.64. The average Bonchev–Trinajstić information content (AvgIpc) is 2.52. The van der Waals surface area contributed by atoms with Gasteiger partial charge in [0, 0.05) is 6.54 Å². The molecular formula is C11H23NO. The van der Waals surface area contributed by atoms with Gasteiger partial charge < -0.3 is 4.74 Å². The highest BCUT2D eigenvalue weighted by molar-refractivity contribution is 4.65. The molecule has 0 radical (unpaired) electrons. The monoisotopic (exact) mass is 185 g/mol. The molecule has 1 atom stereocenters. The van der Waals surface area contributed by atoms with E-state index in [2.05, 4.69) is 18.9 Å². The van der Waals surface area contributed by atoms with Crippen molar-refractivity contribution < 1.29 is 4.74 Å². The standard InChI is InChI=1S/C11H23NO/c1-3-4-5-6-7-8-11-12(2)9-10-13-11/h11H,3-10H2,1-2H3. The molecule has 1 heterocycles. The lowest BCUT2D eigenvalue weighted by Crippen LogP contribution is -2.25. The molecule has 1 saturated heterocycles. The fourth-order valence-electron chi connectivity index (χ4n) is 1.83. The maximum absolute atomic E-state index is 5.60. The SMILES string of the molecule is CCCCCCCC1OCCN1C. The predicted molar refractivity (Wildman–Crippen MR) is 55.7 cm³/mol. The van der Waals surface area contributed by atoms with Crippen molar-refractivity contribution in [3.8, 4) is 0 Å². The summed E-state index contributed by atoms with van der Waals surface area (Å²) in [5.74, 6) is 0. The third kappa shape index (κ3) is 4.10. The van der Waals surface area contributed by atoms with Crippen LogP contribution in [0.1, 0.15) is 45.4 Å². The Kier molecular flexibility index (Phi) is 5.40. The summed E-state index contributed by atoms with van der Waals surface area (Å²) in [5, 5.41) is 0. The molecule has 0 spiro atoms. The molecule has 0 N–H and O–H groups in total. The molecule has 13 heavy (non-hydrogen) atoms. The summed E-state index contributed by atoms with van der Waals surface area (Å²) in [4.78, 5) is 2.32. The molecule has 0 aromatic rings. The summed E-state index contributed by atoms with van der Waals surface area (Å²) >= 11 is 0. The third-order valence-corrected chi connectivity index (χ3v) is 2.80. The molecule has 1 rings (SSSR count). The summed E-state index contributed by atoms with van der Waals surface area (Å²) < 4.78 is 5.60. The molecule has 1 fully saturated rings. The maximum Gasteiger partial charge on any atom is 0.110 e. The minimum atomic E-state index is 0.418. The van der Waals surface area contributed by atoms with Crippen LogP contribution in [0.25, 0.3) is 0 Å². The quantitative estimate of drug-likeness (QED) is 0.590. The van der Waals surface area contributed by atoms with Crippen molar-refractivity contribution in [1.29, 1.82) is 0 Å². The molecule has 0 aliphatic carbocycles. The molecule has 0 saturated carbocycles. The molecule has 2 nitrogen and oxygen atoms in total. The van der Waals surface area contributed by atoms with Crippen LogP contribution in [0.15, 0.2) is 0 Å². The van der Waals surface area contributed by atoms with Gasteiger partial charge in [-0.05, 0) is 19.9 Å². The number of unbranched alkanes of at least 4 members (excludes halogenated alkanes) is 4. The van der Waals surface area contributed by atoms with E-state index < -0.39 is 0 Å². The molecule has 0 amide bonds. The molecule has 1 aliphatic heterocycles. The first-order chi connectivity index (χ1) is 6.34. The average molecular weight is 185 g/mol. The van der Waals surface area contributed by atoms with Crippen LogP contribution < -0.4 is 0 Å². The third-order valence-electron chi connectivity index (χ3n) is 2.80. The topological polar surface area (TPSA) is 12.5 Å². The van der Waals surface area contributed by atoms with Crippen LogP contribution in [0.3, 0.4) is 0 Å². The zero-order valence-electron chi connectivity index (χ0n) is 9.09. The highest BCUT2D eigenvalue weighted by Gasteiger charge is 2.20. The lowest BCUT2D eigenvalue weighted by atomic mass is 10.1.